The smallest absolute Gasteiger partial charge is 0.312 e. The summed E-state index contributed by atoms with van der Waals surface area (Å²) in [6, 6.07) is 0. The van der Waals surface area contributed by atoms with Crippen LogP contribution < -0.4 is 0 Å². The molecule has 2 heterocycles. The normalized spacial score (nSPS) is 40.5. The maximum atomic E-state index is 13.5. The Morgan fingerprint density at radius 1 is 0.917 bits per heavy atom. The number of carbonyl (C=O) groups is 6. The zero-order chi connectivity index (χ0) is 36.1. The maximum absolute atomic E-state index is 13.5. The van der Waals surface area contributed by atoms with Gasteiger partial charge in [-0.25, -0.2) is 0 Å². The molecule has 2 aliphatic heterocycles. The van der Waals surface area contributed by atoms with Crippen molar-refractivity contribution in [1.29, 1.82) is 0 Å². The van der Waals surface area contributed by atoms with E-state index in [1.807, 2.05) is 0 Å². The Hall–Kier alpha value is -3.49. The Labute approximate surface area is 283 Å². The zero-order valence-corrected chi connectivity index (χ0v) is 29.2. The molecule has 4 aliphatic rings. The molecule has 14 nitrogen and oxygen atoms in total. The van der Waals surface area contributed by atoms with E-state index in [9.17, 15) is 33.9 Å². The van der Waals surface area contributed by atoms with Gasteiger partial charge in [-0.05, 0) is 45.4 Å². The first kappa shape index (κ1) is 37.3. The van der Waals surface area contributed by atoms with Crippen LogP contribution in [0, 0.1) is 22.7 Å². The molecular weight excluding hydrogens is 656 g/mol. The largest absolute Gasteiger partial charge is 0.459 e. The number of alkyl halides is 1. The van der Waals surface area contributed by atoms with Gasteiger partial charge in [0.05, 0.1) is 23.4 Å². The lowest BCUT2D eigenvalue weighted by molar-refractivity contribution is -0.280. The second kappa shape index (κ2) is 13.1. The summed E-state index contributed by atoms with van der Waals surface area (Å²) in [7, 11) is 0. The Bertz CT molecular complexity index is 1430. The standard InChI is InChI=1S/C33H43ClO14/c1-15-28(39)47-22-12-20(13-34)10-11-21(43-16(2)35)31(9)24(27(33(15,22)41)46-19(5)38)32(14-42-32)26(48-29(40)30(6,7)8)23(44-17(3)36)25(31)45-18(4)37/h10-12,15,21-27,41H,13-14H2,1-9H3/b11-10-,20-12+/t15-,21-,22-,23+,24+,25-,26+,27-,31+,32-,33-/m0/s1. The monoisotopic (exact) mass is 698 g/mol. The molecule has 0 unspecified atom stereocenters. The highest BCUT2D eigenvalue weighted by molar-refractivity contribution is 6.19. The van der Waals surface area contributed by atoms with Gasteiger partial charge in [-0.2, -0.15) is 0 Å². The second-order valence-corrected chi connectivity index (χ2v) is 14.3. The van der Waals surface area contributed by atoms with Crippen LogP contribution >= 0.6 is 11.6 Å². The van der Waals surface area contributed by atoms with Crippen LogP contribution in [0.1, 0.15) is 62.3 Å². The lowest BCUT2D eigenvalue weighted by Crippen LogP contribution is -2.76. The molecule has 0 aromatic rings. The molecule has 0 amide bonds. The van der Waals surface area contributed by atoms with Crippen molar-refractivity contribution in [3.05, 3.63) is 23.8 Å². The van der Waals surface area contributed by atoms with Crippen molar-refractivity contribution in [3.63, 3.8) is 0 Å². The number of epoxide rings is 1. The highest BCUT2D eigenvalue weighted by Gasteiger charge is 2.81. The minimum Gasteiger partial charge on any atom is -0.459 e. The minimum atomic E-state index is -2.34. The van der Waals surface area contributed by atoms with Crippen LogP contribution in [0.2, 0.25) is 0 Å². The predicted octanol–water partition coefficient (Wildman–Crippen LogP) is 2.10. The second-order valence-electron chi connectivity index (χ2n) is 14.0. The van der Waals surface area contributed by atoms with Gasteiger partial charge in [0, 0.05) is 39.5 Å². The van der Waals surface area contributed by atoms with E-state index < -0.39 is 106 Å². The van der Waals surface area contributed by atoms with E-state index in [4.69, 9.17) is 44.8 Å². The molecule has 2 saturated heterocycles. The lowest BCUT2D eigenvalue weighted by Gasteiger charge is -2.59. The van der Waals surface area contributed by atoms with Crippen molar-refractivity contribution in [2.75, 3.05) is 12.5 Å². The zero-order valence-electron chi connectivity index (χ0n) is 28.4. The van der Waals surface area contributed by atoms with Gasteiger partial charge in [0.2, 0.25) is 0 Å². The number of rotatable bonds is 6. The highest BCUT2D eigenvalue weighted by Crippen LogP contribution is 2.63. The molecule has 2 aliphatic carbocycles. The molecular formula is C33H43ClO14. The Morgan fingerprint density at radius 3 is 1.94 bits per heavy atom. The van der Waals surface area contributed by atoms with E-state index in [-0.39, 0.29) is 12.5 Å². The molecule has 1 spiro atoms. The average Bonchev–Trinajstić information content (AvgIpc) is 3.71. The molecule has 15 heteroatoms. The van der Waals surface area contributed by atoms with Crippen LogP contribution in [0.15, 0.2) is 23.8 Å². The van der Waals surface area contributed by atoms with E-state index >= 15 is 0 Å². The van der Waals surface area contributed by atoms with Crippen molar-refractivity contribution < 1.29 is 67.0 Å². The van der Waals surface area contributed by atoms with Gasteiger partial charge < -0.3 is 38.3 Å². The van der Waals surface area contributed by atoms with E-state index in [1.165, 1.54) is 32.1 Å². The van der Waals surface area contributed by atoms with Crippen LogP contribution in [0.5, 0.6) is 0 Å². The van der Waals surface area contributed by atoms with Gasteiger partial charge in [0.25, 0.3) is 0 Å². The molecule has 4 rings (SSSR count). The molecule has 0 aromatic heterocycles. The number of aliphatic hydroxyl groups is 1. The van der Waals surface area contributed by atoms with Gasteiger partial charge in [0.1, 0.15) is 17.8 Å². The topological polar surface area (TPSA) is 191 Å². The summed E-state index contributed by atoms with van der Waals surface area (Å²) in [5.74, 6) is -7.81. The van der Waals surface area contributed by atoms with Crippen molar-refractivity contribution in [3.8, 4) is 0 Å². The highest BCUT2D eigenvalue weighted by atomic mass is 35.5. The van der Waals surface area contributed by atoms with Crippen molar-refractivity contribution in [2.45, 2.75) is 110 Å². The van der Waals surface area contributed by atoms with E-state index in [1.54, 1.807) is 20.8 Å². The lowest BCUT2D eigenvalue weighted by atomic mass is 9.51. The molecule has 0 aromatic carbocycles. The third-order valence-electron chi connectivity index (χ3n) is 9.52. The number of ether oxygens (including phenoxy) is 7. The maximum Gasteiger partial charge on any atom is 0.312 e. The fourth-order valence-electron chi connectivity index (χ4n) is 7.21. The quantitative estimate of drug-likeness (QED) is 0.184. The van der Waals surface area contributed by atoms with Crippen LogP contribution in [-0.4, -0.2) is 101 Å². The SMILES string of the molecule is CC(=O)O[C@H]1[C@@H](OC(=O)C(C)(C)C)[C@]2(CO2)[C@@H]2[C@H](OC(C)=O)[C@@]3(O)[C@H](/C=C(CCl)\C=C/[C@H](OC(C)=O)[C@@]2(C)[C@H]1OC(C)=O)OC(=O)[C@@H]3C. The van der Waals surface area contributed by atoms with Gasteiger partial charge in [-0.1, -0.05) is 13.0 Å². The first-order chi connectivity index (χ1) is 22.1. The van der Waals surface area contributed by atoms with Gasteiger partial charge in [0.15, 0.2) is 30.0 Å². The minimum absolute atomic E-state index is 0.151. The Morgan fingerprint density at radius 2 is 1.46 bits per heavy atom. The summed E-state index contributed by atoms with van der Waals surface area (Å²) in [5, 5.41) is 12.8. The molecule has 3 fully saturated rings. The molecule has 11 atom stereocenters. The summed E-state index contributed by atoms with van der Waals surface area (Å²) >= 11 is 6.26. The fraction of sp³-hybridized carbons (Fsp3) is 0.697. The number of hydrogen-bond donors (Lipinski definition) is 1. The fourth-order valence-corrected chi connectivity index (χ4v) is 7.39. The molecule has 1 N–H and O–H groups in total. The number of halogens is 1. The summed E-state index contributed by atoms with van der Waals surface area (Å²) in [5.41, 5.74) is -6.66. The third kappa shape index (κ3) is 6.46. The van der Waals surface area contributed by atoms with Gasteiger partial charge in [-0.3, -0.25) is 28.8 Å². The van der Waals surface area contributed by atoms with Crippen molar-refractivity contribution >= 4 is 47.4 Å². The van der Waals surface area contributed by atoms with Crippen LogP contribution in [-0.2, 0) is 61.9 Å². The first-order valence-electron chi connectivity index (χ1n) is 15.6. The Balaban J connectivity index is 2.17. The number of hydrogen-bond acceptors (Lipinski definition) is 14. The van der Waals surface area contributed by atoms with Crippen LogP contribution in [0.25, 0.3) is 0 Å². The molecule has 0 bridgehead atoms. The van der Waals surface area contributed by atoms with E-state index in [2.05, 4.69) is 0 Å². The average molecular weight is 699 g/mol. The predicted molar refractivity (Wildman–Crippen MR) is 164 cm³/mol. The first-order valence-corrected chi connectivity index (χ1v) is 16.1. The third-order valence-corrected chi connectivity index (χ3v) is 9.82. The van der Waals surface area contributed by atoms with E-state index in [0.29, 0.717) is 5.57 Å². The summed E-state index contributed by atoms with van der Waals surface area (Å²) in [4.78, 5) is 78.0. The van der Waals surface area contributed by atoms with Gasteiger partial charge in [-0.15, -0.1) is 11.6 Å². The van der Waals surface area contributed by atoms with Crippen LogP contribution in [0.4, 0.5) is 0 Å². The number of esters is 6. The number of carbonyl (C=O) groups excluding carboxylic acids is 6. The molecule has 1 saturated carbocycles. The van der Waals surface area contributed by atoms with E-state index in [0.717, 1.165) is 27.7 Å². The number of fused-ring (bicyclic) bond motifs is 3. The molecule has 0 radical (unpaired) electrons. The van der Waals surface area contributed by atoms with Crippen molar-refractivity contribution in [2.24, 2.45) is 22.7 Å². The van der Waals surface area contributed by atoms with Gasteiger partial charge >= 0.3 is 35.8 Å². The Kier molecular flexibility index (Phi) is 10.2. The van der Waals surface area contributed by atoms with Crippen molar-refractivity contribution in [1.82, 2.24) is 0 Å². The summed E-state index contributed by atoms with van der Waals surface area (Å²) < 4.78 is 41.4. The van der Waals surface area contributed by atoms with Crippen LogP contribution in [0.3, 0.4) is 0 Å². The summed E-state index contributed by atoms with van der Waals surface area (Å²) in [6.45, 7) is 11.9. The molecule has 266 valence electrons. The summed E-state index contributed by atoms with van der Waals surface area (Å²) in [6.07, 6.45) is -4.92. The molecule has 48 heavy (non-hydrogen) atoms. The number of allylic oxidation sites excluding steroid dienone is 2.